The van der Waals surface area contributed by atoms with E-state index in [4.69, 9.17) is 5.11 Å². The highest BCUT2D eigenvalue weighted by molar-refractivity contribution is 5.69. The van der Waals surface area contributed by atoms with E-state index in [2.05, 4.69) is 0 Å². The number of anilines is 1. The van der Waals surface area contributed by atoms with Crippen molar-refractivity contribution in [3.8, 4) is 0 Å². The second-order valence-corrected chi connectivity index (χ2v) is 6.19. The molecule has 0 bridgehead atoms. The number of halogens is 2. The standard InChI is InChI=1S/C15H18F2N2O2/c16-11-4-12(17)6-13(5-11)19-3-1-2-15(10-19)8-18(9-15)7-14(20)21/h4-6H,1-3,7-10H2,(H,20,21). The summed E-state index contributed by atoms with van der Waals surface area (Å²) in [6, 6.07) is 3.59. The summed E-state index contributed by atoms with van der Waals surface area (Å²) in [7, 11) is 0. The first-order valence-corrected chi connectivity index (χ1v) is 7.11. The van der Waals surface area contributed by atoms with E-state index in [0.717, 1.165) is 45.1 Å². The molecular weight excluding hydrogens is 278 g/mol. The molecule has 0 aliphatic carbocycles. The Labute approximate surface area is 122 Å². The van der Waals surface area contributed by atoms with Gasteiger partial charge in [-0.05, 0) is 25.0 Å². The Morgan fingerprint density at radius 1 is 1.19 bits per heavy atom. The maximum atomic E-state index is 13.3. The predicted molar refractivity (Wildman–Crippen MR) is 74.3 cm³/mol. The van der Waals surface area contributed by atoms with E-state index < -0.39 is 17.6 Å². The molecule has 0 radical (unpaired) electrons. The molecule has 114 valence electrons. The fourth-order valence-corrected chi connectivity index (χ4v) is 3.61. The van der Waals surface area contributed by atoms with Crippen LogP contribution in [0, 0.1) is 17.0 Å². The van der Waals surface area contributed by atoms with Gasteiger partial charge in [0.2, 0.25) is 0 Å². The van der Waals surface area contributed by atoms with Gasteiger partial charge in [-0.15, -0.1) is 0 Å². The Morgan fingerprint density at radius 2 is 1.86 bits per heavy atom. The van der Waals surface area contributed by atoms with Crippen LogP contribution in [-0.4, -0.2) is 48.7 Å². The smallest absolute Gasteiger partial charge is 0.317 e. The number of benzene rings is 1. The molecule has 21 heavy (non-hydrogen) atoms. The zero-order valence-corrected chi connectivity index (χ0v) is 11.7. The molecule has 6 heteroatoms. The van der Waals surface area contributed by atoms with Crippen LogP contribution in [0.2, 0.25) is 0 Å². The molecule has 4 nitrogen and oxygen atoms in total. The minimum Gasteiger partial charge on any atom is -0.480 e. The number of carboxylic acids is 1. The monoisotopic (exact) mass is 296 g/mol. The number of hydrogen-bond acceptors (Lipinski definition) is 3. The fourth-order valence-electron chi connectivity index (χ4n) is 3.61. The third-order valence-electron chi connectivity index (χ3n) is 4.35. The van der Waals surface area contributed by atoms with Crippen LogP contribution < -0.4 is 4.90 Å². The first-order valence-electron chi connectivity index (χ1n) is 7.11. The zero-order chi connectivity index (χ0) is 15.0. The third kappa shape index (κ3) is 3.00. The van der Waals surface area contributed by atoms with Gasteiger partial charge in [-0.25, -0.2) is 8.78 Å². The number of rotatable bonds is 3. The fraction of sp³-hybridized carbons (Fsp3) is 0.533. The Bertz CT molecular complexity index is 538. The average molecular weight is 296 g/mol. The van der Waals surface area contributed by atoms with Gasteiger partial charge < -0.3 is 10.0 Å². The molecule has 1 N–H and O–H groups in total. The lowest BCUT2D eigenvalue weighted by Crippen LogP contribution is -2.63. The van der Waals surface area contributed by atoms with Crippen LogP contribution in [0.4, 0.5) is 14.5 Å². The lowest BCUT2D eigenvalue weighted by Gasteiger charge is -2.54. The van der Waals surface area contributed by atoms with Crippen LogP contribution in [0.25, 0.3) is 0 Å². The summed E-state index contributed by atoms with van der Waals surface area (Å²) < 4.78 is 26.7. The summed E-state index contributed by atoms with van der Waals surface area (Å²) in [5.74, 6) is -1.94. The lowest BCUT2D eigenvalue weighted by atomic mass is 9.73. The average Bonchev–Trinajstić information content (AvgIpc) is 2.35. The number of piperidine rings is 1. The predicted octanol–water partition coefficient (Wildman–Crippen LogP) is 1.95. The van der Waals surface area contributed by atoms with Gasteiger partial charge in [0.15, 0.2) is 0 Å². The van der Waals surface area contributed by atoms with Gasteiger partial charge in [-0.2, -0.15) is 0 Å². The highest BCUT2D eigenvalue weighted by atomic mass is 19.1. The quantitative estimate of drug-likeness (QED) is 0.926. The second-order valence-electron chi connectivity index (χ2n) is 6.19. The Morgan fingerprint density at radius 3 is 2.48 bits per heavy atom. The number of hydrogen-bond donors (Lipinski definition) is 1. The zero-order valence-electron chi connectivity index (χ0n) is 11.7. The van der Waals surface area contributed by atoms with Gasteiger partial charge in [-0.3, -0.25) is 9.69 Å². The number of aliphatic carboxylic acids is 1. The number of likely N-dealkylation sites (tertiary alicyclic amines) is 1. The van der Waals surface area contributed by atoms with Crippen LogP contribution in [0.1, 0.15) is 12.8 Å². The van der Waals surface area contributed by atoms with E-state index in [0.29, 0.717) is 5.69 Å². The van der Waals surface area contributed by atoms with Crippen LogP contribution in [0.3, 0.4) is 0 Å². The summed E-state index contributed by atoms with van der Waals surface area (Å²) in [5.41, 5.74) is 0.638. The molecule has 1 aromatic carbocycles. The van der Waals surface area contributed by atoms with Crippen molar-refractivity contribution in [2.45, 2.75) is 12.8 Å². The van der Waals surface area contributed by atoms with E-state index in [9.17, 15) is 13.6 Å². The maximum absolute atomic E-state index is 13.3. The van der Waals surface area contributed by atoms with Crippen molar-refractivity contribution in [2.75, 3.05) is 37.6 Å². The normalized spacial score (nSPS) is 21.3. The van der Waals surface area contributed by atoms with Crippen LogP contribution in [0.15, 0.2) is 18.2 Å². The highest BCUT2D eigenvalue weighted by Gasteiger charge is 2.46. The third-order valence-corrected chi connectivity index (χ3v) is 4.35. The summed E-state index contributed by atoms with van der Waals surface area (Å²) in [6.07, 6.45) is 2.00. The molecule has 3 rings (SSSR count). The van der Waals surface area contributed by atoms with Crippen LogP contribution in [0.5, 0.6) is 0 Å². The molecule has 0 atom stereocenters. The summed E-state index contributed by atoms with van der Waals surface area (Å²) >= 11 is 0. The van der Waals surface area contributed by atoms with Crippen molar-refractivity contribution in [1.82, 2.24) is 4.90 Å². The molecular formula is C15H18F2N2O2. The molecule has 2 saturated heterocycles. The van der Waals surface area contributed by atoms with Gasteiger partial charge in [0.05, 0.1) is 6.54 Å². The van der Waals surface area contributed by atoms with Crippen molar-refractivity contribution >= 4 is 11.7 Å². The molecule has 0 unspecified atom stereocenters. The lowest BCUT2D eigenvalue weighted by molar-refractivity contribution is -0.142. The van der Waals surface area contributed by atoms with Crippen LogP contribution >= 0.6 is 0 Å². The van der Waals surface area contributed by atoms with Crippen molar-refractivity contribution in [3.05, 3.63) is 29.8 Å². The van der Waals surface area contributed by atoms with Crippen LogP contribution in [-0.2, 0) is 4.79 Å². The second kappa shape index (κ2) is 5.26. The van der Waals surface area contributed by atoms with Gasteiger partial charge in [0.1, 0.15) is 11.6 Å². The molecule has 1 spiro atoms. The van der Waals surface area contributed by atoms with Gasteiger partial charge >= 0.3 is 5.97 Å². The number of carbonyl (C=O) groups is 1. The van der Waals surface area contributed by atoms with Crippen molar-refractivity contribution < 1.29 is 18.7 Å². The minimum absolute atomic E-state index is 0.0658. The summed E-state index contributed by atoms with van der Waals surface area (Å²) in [4.78, 5) is 14.6. The highest BCUT2D eigenvalue weighted by Crippen LogP contribution is 2.40. The topological polar surface area (TPSA) is 43.8 Å². The molecule has 2 aliphatic heterocycles. The van der Waals surface area contributed by atoms with E-state index in [-0.39, 0.29) is 12.0 Å². The summed E-state index contributed by atoms with van der Waals surface area (Å²) in [6.45, 7) is 3.06. The molecule has 0 saturated carbocycles. The van der Waals surface area contributed by atoms with E-state index in [1.807, 2.05) is 9.80 Å². The number of nitrogens with zero attached hydrogens (tertiary/aromatic N) is 2. The summed E-state index contributed by atoms with van der Waals surface area (Å²) in [5, 5.41) is 8.79. The Hall–Kier alpha value is -1.69. The molecule has 1 aromatic rings. The van der Waals surface area contributed by atoms with Gasteiger partial charge in [-0.1, -0.05) is 0 Å². The van der Waals surface area contributed by atoms with Crippen molar-refractivity contribution in [1.29, 1.82) is 0 Å². The van der Waals surface area contributed by atoms with Gasteiger partial charge in [0, 0.05) is 43.3 Å². The van der Waals surface area contributed by atoms with Gasteiger partial charge in [0.25, 0.3) is 0 Å². The van der Waals surface area contributed by atoms with E-state index in [1.54, 1.807) is 0 Å². The molecule has 2 aliphatic rings. The molecule has 2 fully saturated rings. The first-order chi connectivity index (χ1) is 9.96. The van der Waals surface area contributed by atoms with E-state index in [1.165, 1.54) is 12.1 Å². The first kappa shape index (κ1) is 14.3. The minimum atomic E-state index is -0.815. The molecule has 0 amide bonds. The number of carboxylic acid groups (broad SMARTS) is 1. The molecule has 0 aromatic heterocycles. The largest absolute Gasteiger partial charge is 0.480 e. The van der Waals surface area contributed by atoms with Crippen molar-refractivity contribution in [2.24, 2.45) is 5.41 Å². The van der Waals surface area contributed by atoms with Crippen molar-refractivity contribution in [3.63, 3.8) is 0 Å². The Balaban J connectivity index is 1.68. The Kier molecular flexibility index (Phi) is 3.57. The SMILES string of the molecule is O=C(O)CN1CC2(CCCN(c3cc(F)cc(F)c3)C2)C1. The van der Waals surface area contributed by atoms with E-state index >= 15 is 0 Å². The maximum Gasteiger partial charge on any atom is 0.317 e. The molecule has 2 heterocycles.